The van der Waals surface area contributed by atoms with Gasteiger partial charge in [-0.15, -0.1) is 0 Å². The lowest BCUT2D eigenvalue weighted by atomic mass is 9.99. The lowest BCUT2D eigenvalue weighted by Crippen LogP contribution is -1.91. The van der Waals surface area contributed by atoms with E-state index in [-0.39, 0.29) is 0 Å². The summed E-state index contributed by atoms with van der Waals surface area (Å²) in [5, 5.41) is 4.70. The maximum absolute atomic E-state index is 4.85. The molecular weight excluding hydrogens is 270 g/mol. The summed E-state index contributed by atoms with van der Waals surface area (Å²) < 4.78 is 0. The summed E-state index contributed by atoms with van der Waals surface area (Å²) in [6.07, 6.45) is 3.53. The van der Waals surface area contributed by atoms with Crippen molar-refractivity contribution >= 4 is 43.6 Å². The number of pyridine rings is 1. The quantitative estimate of drug-likeness (QED) is 0.310. The van der Waals surface area contributed by atoms with Gasteiger partial charge in [-0.05, 0) is 16.8 Å². The number of benzene rings is 3. The topological polar surface area (TPSA) is 38.7 Å². The average Bonchev–Trinajstić information content (AvgIpc) is 2.61. The van der Waals surface area contributed by atoms with Crippen molar-refractivity contribution in [3.8, 4) is 0 Å². The van der Waals surface area contributed by atoms with E-state index in [9.17, 15) is 0 Å². The van der Waals surface area contributed by atoms with Gasteiger partial charge >= 0.3 is 0 Å². The molecular formula is C19H11N3. The van der Waals surface area contributed by atoms with Crippen LogP contribution >= 0.6 is 0 Å². The van der Waals surface area contributed by atoms with Crippen molar-refractivity contribution in [2.24, 2.45) is 0 Å². The molecule has 2 aromatic heterocycles. The van der Waals surface area contributed by atoms with E-state index in [1.807, 2.05) is 12.1 Å². The SMILES string of the molecule is c1ccc2c(c1)c1ccccc1c1nc3cnccc3nc21. The van der Waals surface area contributed by atoms with E-state index < -0.39 is 0 Å². The van der Waals surface area contributed by atoms with Crippen LogP contribution in [0.2, 0.25) is 0 Å². The minimum Gasteiger partial charge on any atom is -0.262 e. The van der Waals surface area contributed by atoms with Gasteiger partial charge in [0.05, 0.1) is 22.7 Å². The Balaban J connectivity index is 2.17. The fourth-order valence-electron chi connectivity index (χ4n) is 3.13. The highest BCUT2D eigenvalue weighted by Crippen LogP contribution is 2.33. The highest BCUT2D eigenvalue weighted by Gasteiger charge is 2.11. The first-order chi connectivity index (χ1) is 10.9. The fraction of sp³-hybridized carbons (Fsp3) is 0. The molecule has 0 aliphatic carbocycles. The maximum Gasteiger partial charge on any atom is 0.108 e. The summed E-state index contributed by atoms with van der Waals surface area (Å²) in [6.45, 7) is 0. The van der Waals surface area contributed by atoms with Crippen LogP contribution in [-0.2, 0) is 0 Å². The zero-order chi connectivity index (χ0) is 14.5. The van der Waals surface area contributed by atoms with E-state index in [0.29, 0.717) is 0 Å². The van der Waals surface area contributed by atoms with Crippen molar-refractivity contribution in [3.63, 3.8) is 0 Å². The van der Waals surface area contributed by atoms with Crippen molar-refractivity contribution in [3.05, 3.63) is 67.0 Å². The molecule has 0 saturated carbocycles. The molecule has 2 heterocycles. The Bertz CT molecular complexity index is 1080. The molecule has 102 valence electrons. The van der Waals surface area contributed by atoms with Gasteiger partial charge in [0, 0.05) is 17.0 Å². The third-order valence-electron chi connectivity index (χ3n) is 4.12. The Morgan fingerprint density at radius 2 is 1.09 bits per heavy atom. The van der Waals surface area contributed by atoms with Gasteiger partial charge in [-0.25, -0.2) is 9.97 Å². The van der Waals surface area contributed by atoms with Gasteiger partial charge in [-0.3, -0.25) is 4.98 Å². The van der Waals surface area contributed by atoms with Crippen LogP contribution in [0.25, 0.3) is 43.6 Å². The van der Waals surface area contributed by atoms with Crippen LogP contribution < -0.4 is 0 Å². The Morgan fingerprint density at radius 3 is 1.73 bits per heavy atom. The number of rotatable bonds is 0. The molecule has 22 heavy (non-hydrogen) atoms. The number of nitrogens with zero attached hydrogens (tertiary/aromatic N) is 3. The second-order valence-electron chi connectivity index (χ2n) is 5.38. The third kappa shape index (κ3) is 1.48. The van der Waals surface area contributed by atoms with Crippen LogP contribution in [0.15, 0.2) is 67.0 Å². The van der Waals surface area contributed by atoms with Gasteiger partial charge in [-0.2, -0.15) is 0 Å². The molecule has 0 aliphatic rings. The molecule has 0 bridgehead atoms. The Labute approximate surface area is 126 Å². The summed E-state index contributed by atoms with van der Waals surface area (Å²) in [7, 11) is 0. The average molecular weight is 281 g/mol. The predicted molar refractivity (Wildman–Crippen MR) is 89.9 cm³/mol. The molecule has 5 aromatic rings. The van der Waals surface area contributed by atoms with Crippen LogP contribution in [0.5, 0.6) is 0 Å². The smallest absolute Gasteiger partial charge is 0.108 e. The number of hydrogen-bond acceptors (Lipinski definition) is 3. The molecule has 0 atom stereocenters. The highest BCUT2D eigenvalue weighted by atomic mass is 14.8. The first kappa shape index (κ1) is 11.6. The van der Waals surface area contributed by atoms with Crippen LogP contribution in [0.3, 0.4) is 0 Å². The lowest BCUT2D eigenvalue weighted by Gasteiger charge is -2.09. The van der Waals surface area contributed by atoms with E-state index in [4.69, 9.17) is 9.97 Å². The number of aromatic nitrogens is 3. The maximum atomic E-state index is 4.85. The molecule has 0 N–H and O–H groups in total. The van der Waals surface area contributed by atoms with Crippen LogP contribution in [0.1, 0.15) is 0 Å². The van der Waals surface area contributed by atoms with Crippen molar-refractivity contribution in [1.29, 1.82) is 0 Å². The van der Waals surface area contributed by atoms with Gasteiger partial charge in [-0.1, -0.05) is 48.5 Å². The number of hydrogen-bond donors (Lipinski definition) is 0. The second kappa shape index (κ2) is 4.21. The molecule has 0 aliphatic heterocycles. The van der Waals surface area contributed by atoms with Crippen molar-refractivity contribution < 1.29 is 0 Å². The molecule has 3 aromatic carbocycles. The molecule has 3 nitrogen and oxygen atoms in total. The minimum absolute atomic E-state index is 0.829. The Morgan fingerprint density at radius 1 is 0.545 bits per heavy atom. The Kier molecular flexibility index (Phi) is 2.22. The van der Waals surface area contributed by atoms with Crippen LogP contribution in [0.4, 0.5) is 0 Å². The van der Waals surface area contributed by atoms with Gasteiger partial charge < -0.3 is 0 Å². The Hall–Kier alpha value is -3.07. The molecule has 0 unspecified atom stereocenters. The molecule has 0 spiro atoms. The lowest BCUT2D eigenvalue weighted by molar-refractivity contribution is 1.31. The zero-order valence-electron chi connectivity index (χ0n) is 11.7. The number of fused-ring (bicyclic) bond motifs is 7. The predicted octanol–water partition coefficient (Wildman–Crippen LogP) is 4.48. The monoisotopic (exact) mass is 281 g/mol. The van der Waals surface area contributed by atoms with Crippen LogP contribution in [0, 0.1) is 0 Å². The first-order valence-electron chi connectivity index (χ1n) is 7.23. The van der Waals surface area contributed by atoms with Gasteiger partial charge in [0.25, 0.3) is 0 Å². The normalized spacial score (nSPS) is 11.6. The summed E-state index contributed by atoms with van der Waals surface area (Å²) in [5.74, 6) is 0. The van der Waals surface area contributed by atoms with E-state index >= 15 is 0 Å². The summed E-state index contributed by atoms with van der Waals surface area (Å²) in [6, 6.07) is 18.7. The van der Waals surface area contributed by atoms with E-state index in [1.165, 1.54) is 10.8 Å². The third-order valence-corrected chi connectivity index (χ3v) is 4.12. The van der Waals surface area contributed by atoms with Crippen molar-refractivity contribution in [1.82, 2.24) is 15.0 Å². The zero-order valence-corrected chi connectivity index (χ0v) is 11.7. The summed E-state index contributed by atoms with van der Waals surface area (Å²) >= 11 is 0. The van der Waals surface area contributed by atoms with Gasteiger partial charge in [0.1, 0.15) is 5.52 Å². The largest absolute Gasteiger partial charge is 0.262 e. The molecule has 0 radical (unpaired) electrons. The summed E-state index contributed by atoms with van der Waals surface area (Å²) in [5.41, 5.74) is 3.60. The second-order valence-corrected chi connectivity index (χ2v) is 5.38. The fourth-order valence-corrected chi connectivity index (χ4v) is 3.13. The van der Waals surface area contributed by atoms with Crippen LogP contribution in [-0.4, -0.2) is 15.0 Å². The van der Waals surface area contributed by atoms with E-state index in [2.05, 4.69) is 47.4 Å². The van der Waals surface area contributed by atoms with E-state index in [0.717, 1.165) is 32.8 Å². The molecule has 5 rings (SSSR count). The molecule has 0 fully saturated rings. The van der Waals surface area contributed by atoms with E-state index in [1.54, 1.807) is 12.4 Å². The molecule has 0 saturated heterocycles. The highest BCUT2D eigenvalue weighted by molar-refractivity contribution is 6.23. The van der Waals surface area contributed by atoms with Gasteiger partial charge in [0.15, 0.2) is 0 Å². The van der Waals surface area contributed by atoms with Crippen molar-refractivity contribution in [2.75, 3.05) is 0 Å². The standard InChI is InChI=1S/C19H11N3/c1-3-7-14-12(5-1)13-6-2-4-8-15(13)19-18(14)21-16-9-10-20-11-17(16)22-19/h1-11H. The minimum atomic E-state index is 0.829. The molecule has 3 heteroatoms. The van der Waals surface area contributed by atoms with Crippen molar-refractivity contribution in [2.45, 2.75) is 0 Å². The summed E-state index contributed by atoms with van der Waals surface area (Å²) in [4.78, 5) is 13.8. The first-order valence-corrected chi connectivity index (χ1v) is 7.23. The van der Waals surface area contributed by atoms with Gasteiger partial charge in [0.2, 0.25) is 0 Å². The molecule has 0 amide bonds.